The SMILES string of the molecule is CC/C=C/CCCCCCCCC[N+](C(CCC)C(=O)[O-])(C(CCC)C(=O)O)C(CCC)C(=O)O. The number of carboxylic acid groups (broad SMARTS) is 3. The zero-order valence-electron chi connectivity index (χ0n) is 22.7. The van der Waals surface area contributed by atoms with Gasteiger partial charge < -0.3 is 20.1 Å². The fourth-order valence-electron chi connectivity index (χ4n) is 5.45. The van der Waals surface area contributed by atoms with Crippen molar-refractivity contribution < 1.29 is 34.2 Å². The Bertz CT molecular complexity index is 573. The van der Waals surface area contributed by atoms with Crippen LogP contribution in [-0.4, -0.2) is 57.3 Å². The van der Waals surface area contributed by atoms with E-state index in [9.17, 15) is 29.7 Å². The number of hydrogen-bond donors (Lipinski definition) is 2. The molecular formula is C28H51NO6. The zero-order chi connectivity index (χ0) is 26.7. The second-order valence-electron chi connectivity index (χ2n) is 9.77. The van der Waals surface area contributed by atoms with Crippen LogP contribution in [0.4, 0.5) is 0 Å². The van der Waals surface area contributed by atoms with Gasteiger partial charge in [0.05, 0.1) is 12.5 Å². The van der Waals surface area contributed by atoms with E-state index in [1.54, 1.807) is 0 Å². The molecule has 3 atom stereocenters. The summed E-state index contributed by atoms with van der Waals surface area (Å²) in [4.78, 5) is 37.3. The van der Waals surface area contributed by atoms with E-state index in [2.05, 4.69) is 19.1 Å². The molecule has 0 aliphatic heterocycles. The van der Waals surface area contributed by atoms with Crippen molar-refractivity contribution in [3.63, 3.8) is 0 Å². The van der Waals surface area contributed by atoms with E-state index in [-0.39, 0.29) is 25.8 Å². The van der Waals surface area contributed by atoms with E-state index in [1.165, 1.54) is 12.8 Å². The Labute approximate surface area is 213 Å². The molecule has 0 rings (SSSR count). The smallest absolute Gasteiger partial charge is 0.362 e. The number of nitrogens with zero attached hydrogens (tertiary/aromatic N) is 1. The highest BCUT2D eigenvalue weighted by Gasteiger charge is 2.54. The molecule has 0 aromatic carbocycles. The lowest BCUT2D eigenvalue weighted by atomic mass is 9.91. The summed E-state index contributed by atoms with van der Waals surface area (Å²) in [5.74, 6) is -3.57. The molecule has 35 heavy (non-hydrogen) atoms. The normalized spacial score (nSPS) is 16.0. The first-order valence-electron chi connectivity index (χ1n) is 13.9. The number of hydrogen-bond acceptors (Lipinski definition) is 4. The maximum absolute atomic E-state index is 12.5. The van der Waals surface area contributed by atoms with Crippen LogP contribution in [0.1, 0.15) is 124 Å². The summed E-state index contributed by atoms with van der Waals surface area (Å²) in [6.45, 7) is 7.91. The number of rotatable bonds is 23. The van der Waals surface area contributed by atoms with Gasteiger partial charge in [0.2, 0.25) is 0 Å². The Hall–Kier alpha value is -1.89. The van der Waals surface area contributed by atoms with E-state index in [4.69, 9.17) is 0 Å². The number of carbonyl (C=O) groups is 3. The lowest BCUT2D eigenvalue weighted by molar-refractivity contribution is -0.975. The first-order chi connectivity index (χ1) is 16.7. The monoisotopic (exact) mass is 497 g/mol. The van der Waals surface area contributed by atoms with Crippen molar-refractivity contribution in [2.24, 2.45) is 0 Å². The summed E-state index contributed by atoms with van der Waals surface area (Å²) in [5, 5.41) is 32.8. The number of carbonyl (C=O) groups excluding carboxylic acids is 1. The van der Waals surface area contributed by atoms with Crippen LogP contribution in [0, 0.1) is 0 Å². The van der Waals surface area contributed by atoms with Crippen molar-refractivity contribution in [3.8, 4) is 0 Å². The predicted octanol–water partition coefficient (Wildman–Crippen LogP) is 5.32. The second-order valence-corrected chi connectivity index (χ2v) is 9.77. The van der Waals surface area contributed by atoms with Crippen LogP contribution in [0.15, 0.2) is 12.2 Å². The Morgan fingerprint density at radius 2 is 1.11 bits per heavy atom. The topological polar surface area (TPSA) is 115 Å². The van der Waals surface area contributed by atoms with Crippen molar-refractivity contribution in [3.05, 3.63) is 12.2 Å². The number of allylic oxidation sites excluding steroid dienone is 2. The Morgan fingerprint density at radius 3 is 1.51 bits per heavy atom. The summed E-state index contributed by atoms with van der Waals surface area (Å²) in [5.41, 5.74) is 0. The maximum atomic E-state index is 12.5. The van der Waals surface area contributed by atoms with Gasteiger partial charge in [-0.1, -0.05) is 72.0 Å². The fourth-order valence-corrected chi connectivity index (χ4v) is 5.45. The third-order valence-electron chi connectivity index (χ3n) is 7.09. The molecule has 0 saturated carbocycles. The average molecular weight is 498 g/mol. The van der Waals surface area contributed by atoms with Gasteiger partial charge in [-0.2, -0.15) is 0 Å². The first-order valence-corrected chi connectivity index (χ1v) is 13.9. The minimum atomic E-state index is -1.34. The number of aliphatic carboxylic acids is 3. The van der Waals surface area contributed by atoms with E-state index in [0.717, 1.165) is 38.5 Å². The molecule has 2 N–H and O–H groups in total. The Morgan fingerprint density at radius 1 is 0.686 bits per heavy atom. The molecule has 0 fully saturated rings. The van der Waals surface area contributed by atoms with Gasteiger partial charge in [0, 0.05) is 19.3 Å². The standard InChI is InChI=1S/C28H51NO6/c1-5-9-10-11-12-13-14-15-16-17-18-22-29(23(19-6-2)26(30)31,24(20-7-3)27(32)33)25(21-8-4)28(34)35/h9-10,23-25H,5-8,11-22H2,1-4H3,(H2-,30,31,32,33,34,35)/b10-9+. The molecule has 0 heterocycles. The van der Waals surface area contributed by atoms with Crippen molar-refractivity contribution in [1.29, 1.82) is 0 Å². The molecule has 0 bridgehead atoms. The molecule has 0 aromatic heterocycles. The van der Waals surface area contributed by atoms with Crippen LogP contribution in [-0.2, 0) is 14.4 Å². The predicted molar refractivity (Wildman–Crippen MR) is 138 cm³/mol. The van der Waals surface area contributed by atoms with Gasteiger partial charge in [0.15, 0.2) is 12.1 Å². The van der Waals surface area contributed by atoms with Crippen molar-refractivity contribution in [2.45, 2.75) is 142 Å². The molecule has 7 heteroatoms. The van der Waals surface area contributed by atoms with Gasteiger partial charge >= 0.3 is 11.9 Å². The van der Waals surface area contributed by atoms with Crippen molar-refractivity contribution >= 4 is 17.9 Å². The fraction of sp³-hybridized carbons (Fsp3) is 0.821. The molecule has 7 nitrogen and oxygen atoms in total. The average Bonchev–Trinajstić information content (AvgIpc) is 2.81. The summed E-state index contributed by atoms with van der Waals surface area (Å²) < 4.78 is -0.438. The van der Waals surface area contributed by atoms with E-state index in [1.807, 2.05) is 20.8 Å². The molecule has 0 amide bonds. The van der Waals surface area contributed by atoms with E-state index in [0.29, 0.717) is 25.7 Å². The highest BCUT2D eigenvalue weighted by Crippen LogP contribution is 2.34. The number of carboxylic acids is 3. The van der Waals surface area contributed by atoms with Gasteiger partial charge in [-0.05, 0) is 44.9 Å². The van der Waals surface area contributed by atoms with E-state index >= 15 is 0 Å². The summed E-state index contributed by atoms with van der Waals surface area (Å²) in [6.07, 6.45) is 15.8. The first kappa shape index (κ1) is 33.1. The van der Waals surface area contributed by atoms with E-state index < -0.39 is 40.5 Å². The van der Waals surface area contributed by atoms with Crippen molar-refractivity contribution in [1.82, 2.24) is 0 Å². The molecule has 204 valence electrons. The van der Waals surface area contributed by atoms with Gasteiger partial charge in [-0.25, -0.2) is 9.59 Å². The van der Waals surface area contributed by atoms with Crippen LogP contribution >= 0.6 is 0 Å². The van der Waals surface area contributed by atoms with Gasteiger partial charge in [-0.3, -0.25) is 4.48 Å². The van der Waals surface area contributed by atoms with Crippen LogP contribution < -0.4 is 5.11 Å². The highest BCUT2D eigenvalue weighted by atomic mass is 16.4. The quantitative estimate of drug-likeness (QED) is 0.112. The Balaban J connectivity index is 5.71. The molecule has 0 spiro atoms. The lowest BCUT2D eigenvalue weighted by Crippen LogP contribution is -2.74. The van der Waals surface area contributed by atoms with Gasteiger partial charge in [0.1, 0.15) is 6.04 Å². The van der Waals surface area contributed by atoms with Crippen LogP contribution in [0.3, 0.4) is 0 Å². The number of quaternary nitrogens is 1. The minimum Gasteiger partial charge on any atom is -0.544 e. The zero-order valence-corrected chi connectivity index (χ0v) is 22.7. The third-order valence-corrected chi connectivity index (χ3v) is 7.09. The summed E-state index contributed by atoms with van der Waals surface area (Å²) in [6, 6.07) is -3.33. The van der Waals surface area contributed by atoms with Crippen LogP contribution in [0.5, 0.6) is 0 Å². The molecule has 3 unspecified atom stereocenters. The van der Waals surface area contributed by atoms with Crippen LogP contribution in [0.2, 0.25) is 0 Å². The minimum absolute atomic E-state index is 0.204. The highest BCUT2D eigenvalue weighted by molar-refractivity contribution is 5.77. The number of unbranched alkanes of at least 4 members (excludes halogenated alkanes) is 7. The molecule has 0 radical (unpaired) electrons. The summed E-state index contributed by atoms with van der Waals surface area (Å²) in [7, 11) is 0. The van der Waals surface area contributed by atoms with Crippen molar-refractivity contribution in [2.75, 3.05) is 6.54 Å². The summed E-state index contributed by atoms with van der Waals surface area (Å²) >= 11 is 0. The maximum Gasteiger partial charge on any atom is 0.362 e. The third kappa shape index (κ3) is 11.1. The lowest BCUT2D eigenvalue weighted by Gasteiger charge is -2.52. The molecule has 0 aliphatic carbocycles. The Kier molecular flexibility index (Phi) is 18.3. The largest absolute Gasteiger partial charge is 0.544 e. The molecular weight excluding hydrogens is 446 g/mol. The molecule has 0 aliphatic rings. The molecule has 0 saturated heterocycles. The van der Waals surface area contributed by atoms with Gasteiger partial charge in [-0.15, -0.1) is 0 Å². The van der Waals surface area contributed by atoms with Crippen LogP contribution in [0.25, 0.3) is 0 Å². The van der Waals surface area contributed by atoms with Gasteiger partial charge in [0.25, 0.3) is 0 Å². The molecule has 0 aromatic rings. The second kappa shape index (κ2) is 19.3.